The maximum absolute atomic E-state index is 5.76. The molecule has 1 aliphatic rings. The van der Waals surface area contributed by atoms with Crippen LogP contribution >= 0.6 is 12.2 Å². The molecule has 1 rings (SSSR count). The summed E-state index contributed by atoms with van der Waals surface area (Å²) in [5, 5.41) is 0. The molecule has 17 heavy (non-hydrogen) atoms. The molecule has 1 aliphatic heterocycles. The summed E-state index contributed by atoms with van der Waals surface area (Å²) in [6.07, 6.45) is 5.03. The minimum absolute atomic E-state index is 0.0139. The van der Waals surface area contributed by atoms with E-state index in [1.54, 1.807) is 0 Å². The van der Waals surface area contributed by atoms with Gasteiger partial charge in [-0.05, 0) is 51.6 Å². The number of piperidine rings is 1. The molecule has 3 heteroatoms. The van der Waals surface area contributed by atoms with Gasteiger partial charge in [-0.2, -0.15) is 0 Å². The predicted octanol–water partition coefficient (Wildman–Crippen LogP) is 3.20. The Morgan fingerprint density at radius 2 is 2.06 bits per heavy atom. The summed E-state index contributed by atoms with van der Waals surface area (Å²) in [5.74, 6) is 0.840. The van der Waals surface area contributed by atoms with Crippen molar-refractivity contribution in [3.63, 3.8) is 0 Å². The number of nitrogens with two attached hydrogens (primary N) is 1. The highest BCUT2D eigenvalue weighted by atomic mass is 32.1. The van der Waals surface area contributed by atoms with E-state index in [2.05, 4.69) is 32.6 Å². The van der Waals surface area contributed by atoms with Crippen molar-refractivity contribution >= 4 is 17.2 Å². The smallest absolute Gasteiger partial charge is 0.0784 e. The summed E-state index contributed by atoms with van der Waals surface area (Å²) >= 11 is 5.11. The minimum Gasteiger partial charge on any atom is -0.393 e. The average molecular weight is 256 g/mol. The van der Waals surface area contributed by atoms with Crippen molar-refractivity contribution in [3.05, 3.63) is 0 Å². The lowest BCUT2D eigenvalue weighted by atomic mass is 9.87. The van der Waals surface area contributed by atoms with E-state index >= 15 is 0 Å². The van der Waals surface area contributed by atoms with Gasteiger partial charge < -0.3 is 10.6 Å². The monoisotopic (exact) mass is 256 g/mol. The molecule has 100 valence electrons. The highest BCUT2D eigenvalue weighted by Gasteiger charge is 2.25. The van der Waals surface area contributed by atoms with Gasteiger partial charge in [-0.25, -0.2) is 0 Å². The second-order valence-corrected chi connectivity index (χ2v) is 6.69. The van der Waals surface area contributed by atoms with Gasteiger partial charge in [0.1, 0.15) is 0 Å². The van der Waals surface area contributed by atoms with Gasteiger partial charge in [-0.1, -0.05) is 33.0 Å². The van der Waals surface area contributed by atoms with Gasteiger partial charge in [0.2, 0.25) is 0 Å². The van der Waals surface area contributed by atoms with E-state index in [1.807, 2.05) is 0 Å². The molecule has 1 fully saturated rings. The topological polar surface area (TPSA) is 29.3 Å². The summed E-state index contributed by atoms with van der Waals surface area (Å²) in [7, 11) is 0. The Balaban J connectivity index is 2.33. The van der Waals surface area contributed by atoms with E-state index in [1.165, 1.54) is 32.4 Å². The Morgan fingerprint density at radius 3 is 2.65 bits per heavy atom. The van der Waals surface area contributed by atoms with Crippen LogP contribution in [0.2, 0.25) is 0 Å². The first kappa shape index (κ1) is 14.9. The normalized spacial score (nSPS) is 27.1. The minimum atomic E-state index is 0.0139. The molecule has 0 amide bonds. The van der Waals surface area contributed by atoms with Crippen LogP contribution in [0.25, 0.3) is 0 Å². The standard InChI is InChI=1S/C14H28N2S/c1-11-7-5-9-16(12(11)2)10-6-8-14(3,4)13(15)17/h11-12H,5-10H2,1-4H3,(H2,15,17). The highest BCUT2D eigenvalue weighted by Crippen LogP contribution is 2.26. The largest absolute Gasteiger partial charge is 0.393 e. The van der Waals surface area contributed by atoms with Crippen molar-refractivity contribution in [1.29, 1.82) is 0 Å². The van der Waals surface area contributed by atoms with Gasteiger partial charge >= 0.3 is 0 Å². The Labute approximate surface area is 112 Å². The molecule has 2 nitrogen and oxygen atoms in total. The number of thiocarbonyl (C=S) groups is 1. The van der Waals surface area contributed by atoms with Crippen molar-refractivity contribution in [2.75, 3.05) is 13.1 Å². The molecule has 2 unspecified atom stereocenters. The average Bonchev–Trinajstić information content (AvgIpc) is 2.24. The summed E-state index contributed by atoms with van der Waals surface area (Å²) in [5.41, 5.74) is 5.77. The molecule has 2 atom stereocenters. The van der Waals surface area contributed by atoms with Crippen LogP contribution in [0.1, 0.15) is 53.4 Å². The zero-order valence-electron chi connectivity index (χ0n) is 11.8. The summed E-state index contributed by atoms with van der Waals surface area (Å²) < 4.78 is 0. The first-order valence-electron chi connectivity index (χ1n) is 6.88. The first-order chi connectivity index (χ1) is 7.84. The van der Waals surface area contributed by atoms with Crippen LogP contribution in [0.15, 0.2) is 0 Å². The maximum atomic E-state index is 5.76. The Bertz CT molecular complexity index is 263. The zero-order valence-corrected chi connectivity index (χ0v) is 12.6. The molecule has 0 spiro atoms. The Morgan fingerprint density at radius 1 is 1.41 bits per heavy atom. The number of likely N-dealkylation sites (tertiary alicyclic amines) is 1. The zero-order chi connectivity index (χ0) is 13.1. The van der Waals surface area contributed by atoms with Crippen LogP contribution in [-0.2, 0) is 0 Å². The van der Waals surface area contributed by atoms with E-state index in [-0.39, 0.29) is 5.41 Å². The lowest BCUT2D eigenvalue weighted by molar-refractivity contribution is 0.110. The number of rotatable bonds is 5. The third kappa shape index (κ3) is 4.22. The fraction of sp³-hybridized carbons (Fsp3) is 0.929. The first-order valence-corrected chi connectivity index (χ1v) is 7.29. The van der Waals surface area contributed by atoms with Gasteiger partial charge in [0.15, 0.2) is 0 Å². The van der Waals surface area contributed by atoms with Gasteiger partial charge in [0.25, 0.3) is 0 Å². The van der Waals surface area contributed by atoms with Crippen LogP contribution < -0.4 is 5.73 Å². The van der Waals surface area contributed by atoms with Crippen LogP contribution in [-0.4, -0.2) is 29.0 Å². The van der Waals surface area contributed by atoms with Gasteiger partial charge in [0, 0.05) is 11.5 Å². The third-order valence-electron chi connectivity index (χ3n) is 4.42. The van der Waals surface area contributed by atoms with Crippen molar-refractivity contribution < 1.29 is 0 Å². The molecule has 0 aromatic rings. The third-order valence-corrected chi connectivity index (χ3v) is 4.97. The molecule has 1 saturated heterocycles. The second kappa shape index (κ2) is 6.14. The molecule has 0 saturated carbocycles. The Kier molecular flexibility index (Phi) is 5.39. The quantitative estimate of drug-likeness (QED) is 0.766. The molecule has 1 heterocycles. The molecule has 2 N–H and O–H groups in total. The van der Waals surface area contributed by atoms with E-state index in [0.29, 0.717) is 4.99 Å². The van der Waals surface area contributed by atoms with Crippen LogP contribution in [0, 0.1) is 11.3 Å². The van der Waals surface area contributed by atoms with E-state index in [9.17, 15) is 0 Å². The molecule has 0 radical (unpaired) electrons. The van der Waals surface area contributed by atoms with Gasteiger partial charge in [-0.15, -0.1) is 0 Å². The second-order valence-electron chi connectivity index (χ2n) is 6.25. The van der Waals surface area contributed by atoms with E-state index in [4.69, 9.17) is 18.0 Å². The number of hydrogen-bond acceptors (Lipinski definition) is 2. The van der Waals surface area contributed by atoms with Gasteiger partial charge in [-0.3, -0.25) is 0 Å². The molecule has 0 aliphatic carbocycles. The van der Waals surface area contributed by atoms with Crippen LogP contribution in [0.3, 0.4) is 0 Å². The molecule has 0 aromatic heterocycles. The van der Waals surface area contributed by atoms with Crippen molar-refractivity contribution in [2.24, 2.45) is 17.1 Å². The van der Waals surface area contributed by atoms with Crippen molar-refractivity contribution in [2.45, 2.75) is 59.4 Å². The van der Waals surface area contributed by atoms with Crippen molar-refractivity contribution in [3.8, 4) is 0 Å². The highest BCUT2D eigenvalue weighted by molar-refractivity contribution is 7.80. The summed E-state index contributed by atoms with van der Waals surface area (Å²) in [4.78, 5) is 3.28. The molecular weight excluding hydrogens is 228 g/mol. The Hall–Kier alpha value is -0.150. The van der Waals surface area contributed by atoms with Gasteiger partial charge in [0.05, 0.1) is 4.99 Å². The lowest BCUT2D eigenvalue weighted by Crippen LogP contribution is -2.43. The maximum Gasteiger partial charge on any atom is 0.0784 e. The summed E-state index contributed by atoms with van der Waals surface area (Å²) in [6, 6.07) is 0.733. The number of hydrogen-bond donors (Lipinski definition) is 1. The predicted molar refractivity (Wildman–Crippen MR) is 79.2 cm³/mol. The van der Waals surface area contributed by atoms with Crippen LogP contribution in [0.4, 0.5) is 0 Å². The van der Waals surface area contributed by atoms with E-state index in [0.717, 1.165) is 18.4 Å². The SMILES string of the molecule is CC1CCCN(CCCC(C)(C)C(N)=S)C1C. The van der Waals surface area contributed by atoms with Crippen molar-refractivity contribution in [1.82, 2.24) is 4.90 Å². The fourth-order valence-corrected chi connectivity index (χ4v) is 2.69. The summed E-state index contributed by atoms with van der Waals surface area (Å²) in [6.45, 7) is 11.5. The van der Waals surface area contributed by atoms with Crippen LogP contribution in [0.5, 0.6) is 0 Å². The molecule has 0 aromatic carbocycles. The van der Waals surface area contributed by atoms with E-state index < -0.39 is 0 Å². The lowest BCUT2D eigenvalue weighted by Gasteiger charge is -2.38. The number of nitrogens with zero attached hydrogens (tertiary/aromatic N) is 1. The fourth-order valence-electron chi connectivity index (χ4n) is 2.58. The molecule has 0 bridgehead atoms. The molecular formula is C14H28N2S.